The number of aromatic amines is 2. The van der Waals surface area contributed by atoms with E-state index >= 15 is 0 Å². The van der Waals surface area contributed by atoms with Crippen LogP contribution in [0.25, 0.3) is 10.9 Å². The minimum atomic E-state index is -1.47. The first-order chi connectivity index (χ1) is 34.3. The number of hydrogen-bond acceptors (Lipinski definition) is 13. The number of para-hydroxylation sites is 1. The molecule has 6 rings (SSSR count). The van der Waals surface area contributed by atoms with Crippen molar-refractivity contribution in [2.24, 2.45) is 16.5 Å². The van der Waals surface area contributed by atoms with E-state index in [1.165, 1.54) is 40.2 Å². The Morgan fingerprint density at radius 2 is 1.35 bits per heavy atom. The summed E-state index contributed by atoms with van der Waals surface area (Å²) in [7, 11) is 2.11. The van der Waals surface area contributed by atoms with Crippen molar-refractivity contribution in [3.05, 3.63) is 90.1 Å². The number of H-pyrrole nitrogens is 2. The average molecular weight is 1030 g/mol. The van der Waals surface area contributed by atoms with Crippen molar-refractivity contribution in [2.45, 2.75) is 108 Å². The molecule has 25 heteroatoms. The molecule has 13 N–H and O–H groups in total. The molecule has 2 aliphatic rings. The van der Waals surface area contributed by atoms with E-state index in [0.29, 0.717) is 16.8 Å². The summed E-state index contributed by atoms with van der Waals surface area (Å²) < 4.78 is 0. The quantitative estimate of drug-likeness (QED) is 0.0283. The number of amides is 9. The Morgan fingerprint density at radius 1 is 0.736 bits per heavy atom. The maximum Gasteiger partial charge on any atom is 0.325 e. The van der Waals surface area contributed by atoms with E-state index in [0.717, 1.165) is 37.4 Å². The Kier molecular flexibility index (Phi) is 18.4. The predicted molar refractivity (Wildman–Crippen MR) is 270 cm³/mol. The second kappa shape index (κ2) is 24.6. The molecule has 0 unspecified atom stereocenters. The number of nitrogens with two attached hydrogens (primary N) is 2. The van der Waals surface area contributed by atoms with Gasteiger partial charge in [-0.2, -0.15) is 0 Å². The average Bonchev–Trinajstić information content (AvgIpc) is 4.06. The molecule has 2 fully saturated rings. The highest BCUT2D eigenvalue weighted by molar-refractivity contribution is 8.76. The Morgan fingerprint density at radius 3 is 2.00 bits per heavy atom. The second-order valence-electron chi connectivity index (χ2n) is 17.9. The number of nitrogens with one attached hydrogen (secondary N) is 9. The molecule has 2 aromatic carbocycles. The second-order valence-corrected chi connectivity index (χ2v) is 20.5. The van der Waals surface area contributed by atoms with Gasteiger partial charge in [0, 0.05) is 66.3 Å². The van der Waals surface area contributed by atoms with Gasteiger partial charge in [0.05, 0.1) is 12.4 Å². The number of nitrogens with zero attached hydrogens (tertiary/aromatic N) is 3. The minimum Gasteiger partial charge on any atom is -0.370 e. The summed E-state index contributed by atoms with van der Waals surface area (Å²) >= 11 is 0. The predicted octanol–water partition coefficient (Wildman–Crippen LogP) is -0.416. The number of fused-ring (bicyclic) bond motifs is 1. The van der Waals surface area contributed by atoms with Crippen LogP contribution in [0.2, 0.25) is 0 Å². The molecule has 72 heavy (non-hydrogen) atoms. The third kappa shape index (κ3) is 14.4. The summed E-state index contributed by atoms with van der Waals surface area (Å²) in [5.74, 6) is -6.41. The van der Waals surface area contributed by atoms with Crippen molar-refractivity contribution < 1.29 is 43.2 Å². The molecule has 0 spiro atoms. The van der Waals surface area contributed by atoms with E-state index in [9.17, 15) is 43.2 Å². The number of rotatable bonds is 12. The Bertz CT molecular complexity index is 2660. The first kappa shape index (κ1) is 53.9. The smallest absolute Gasteiger partial charge is 0.325 e. The highest BCUT2D eigenvalue weighted by atomic mass is 33.1. The van der Waals surface area contributed by atoms with E-state index < -0.39 is 101 Å². The van der Waals surface area contributed by atoms with Gasteiger partial charge in [-0.1, -0.05) is 70.1 Å². The normalized spacial score (nSPS) is 24.2. The number of carbonyl (C=O) groups excluding carboxylic acids is 9. The van der Waals surface area contributed by atoms with E-state index in [4.69, 9.17) is 11.5 Å². The van der Waals surface area contributed by atoms with Gasteiger partial charge in [-0.15, -0.1) is 0 Å². The van der Waals surface area contributed by atoms with E-state index in [-0.39, 0.29) is 56.1 Å². The van der Waals surface area contributed by atoms with Gasteiger partial charge >= 0.3 is 6.03 Å². The number of ketones is 1. The standard InChI is InChI=1S/C47H60N14O9S2/c1-25-38(63)56-35(19-29-21-50-24-53-29)42(67)57-33(17-27-11-6-5-7-12-27)40(65)55-32(15-10-16-51-45(48)49)39(64)58-34(18-28-20-52-31-14-9-8-13-30(28)31)41(66)59-36(26(2)62)22-71-72-23-37(43(68)54-25)61-44(69)47(3,4)60-46(61)70/h5-9,11-14,20-21,24-25,32-37,52H,10,15-19,22-23H2,1-4H3,(H,50,53)(H,54,68)(H,55,65)(H,56,63)(H,57,67)(H,58,64)(H,59,66)(H,60,70)(H4,48,49,51)/t25-,32+,33-,34+,35+,36+,37+/m1/s1. The van der Waals surface area contributed by atoms with Crippen LogP contribution in [0.5, 0.6) is 0 Å². The maximum absolute atomic E-state index is 14.6. The first-order valence-corrected chi connectivity index (χ1v) is 25.6. The van der Waals surface area contributed by atoms with E-state index in [1.54, 1.807) is 36.5 Å². The Labute approximate surface area is 422 Å². The minimum absolute atomic E-state index is 0.0307. The lowest BCUT2D eigenvalue weighted by Crippen LogP contribution is -2.60. The summed E-state index contributed by atoms with van der Waals surface area (Å²) in [5, 5.41) is 19.7. The molecule has 4 aromatic rings. The summed E-state index contributed by atoms with van der Waals surface area (Å²) in [4.78, 5) is 141. The van der Waals surface area contributed by atoms with E-state index in [2.05, 4.69) is 57.2 Å². The number of Topliss-reactive ketones (excluding diaryl/α,β-unsaturated/α-hetero) is 1. The highest BCUT2D eigenvalue weighted by Gasteiger charge is 2.49. The van der Waals surface area contributed by atoms with Gasteiger partial charge in [0.25, 0.3) is 5.91 Å². The molecule has 2 aliphatic heterocycles. The number of imidazole rings is 1. The van der Waals surface area contributed by atoms with Crippen molar-refractivity contribution >= 4 is 91.6 Å². The monoisotopic (exact) mass is 1030 g/mol. The molecule has 9 amide bonds. The van der Waals surface area contributed by atoms with Gasteiger partial charge in [-0.05, 0) is 57.7 Å². The fourth-order valence-electron chi connectivity index (χ4n) is 7.96. The number of hydrogen-bond donors (Lipinski definition) is 11. The zero-order chi connectivity index (χ0) is 52.1. The van der Waals surface area contributed by atoms with Gasteiger partial charge in [0.15, 0.2) is 11.7 Å². The number of aromatic nitrogens is 3. The van der Waals surface area contributed by atoms with E-state index in [1.807, 2.05) is 24.3 Å². The van der Waals surface area contributed by atoms with Crippen LogP contribution in [0, 0.1) is 0 Å². The largest absolute Gasteiger partial charge is 0.370 e. The van der Waals surface area contributed by atoms with Gasteiger partial charge in [-0.3, -0.25) is 43.3 Å². The molecule has 2 saturated heterocycles. The van der Waals surface area contributed by atoms with Crippen molar-refractivity contribution in [3.8, 4) is 0 Å². The lowest BCUT2D eigenvalue weighted by atomic mass is 10.0. The van der Waals surface area contributed by atoms with Gasteiger partial charge < -0.3 is 58.7 Å². The fourth-order valence-corrected chi connectivity index (χ4v) is 10.4. The number of benzene rings is 2. The Balaban J connectivity index is 1.39. The first-order valence-electron chi connectivity index (χ1n) is 23.2. The summed E-state index contributed by atoms with van der Waals surface area (Å²) in [6.07, 6.45) is 4.40. The SMILES string of the molecule is CC(=O)[C@@H]1CSSC[C@H](N2C(=O)NC(C)(C)C2=O)C(=O)N[C@H](C)C(=O)N[C@@H](Cc2cnc[nH]2)C(=O)N[C@H](Cc2ccccc2)C(=O)N[C@@H](CCCN=C(N)N)C(=O)N[C@@H](Cc2c[nH]c3ccccc23)C(=O)N1. The number of urea groups is 1. The van der Waals surface area contributed by atoms with Gasteiger partial charge in [0.1, 0.15) is 41.8 Å². The molecule has 2 aromatic heterocycles. The van der Waals surface area contributed by atoms with Gasteiger partial charge in [0.2, 0.25) is 35.4 Å². The number of aliphatic imine (C=N–C) groups is 1. The maximum atomic E-state index is 14.6. The molecule has 0 aliphatic carbocycles. The highest BCUT2D eigenvalue weighted by Crippen LogP contribution is 2.28. The van der Waals surface area contributed by atoms with Crippen LogP contribution in [0.4, 0.5) is 4.79 Å². The molecular formula is C47H60N14O9S2. The molecule has 0 saturated carbocycles. The number of carbonyl (C=O) groups is 9. The van der Waals surface area contributed by atoms with Crippen LogP contribution >= 0.6 is 21.6 Å². The topological polar surface area (TPSA) is 350 Å². The van der Waals surface area contributed by atoms with Crippen molar-refractivity contribution in [1.29, 1.82) is 0 Å². The van der Waals surface area contributed by atoms with Gasteiger partial charge in [-0.25, -0.2) is 14.7 Å². The molecule has 0 bridgehead atoms. The third-order valence-corrected chi connectivity index (χ3v) is 14.4. The zero-order valence-electron chi connectivity index (χ0n) is 40.1. The summed E-state index contributed by atoms with van der Waals surface area (Å²) in [6, 6.07) is 5.91. The Hall–Kier alpha value is -7.41. The molecule has 7 atom stereocenters. The number of guanidine groups is 1. The van der Waals surface area contributed by atoms with Crippen molar-refractivity contribution in [1.82, 2.24) is 57.1 Å². The molecular weight excluding hydrogens is 969 g/mol. The van der Waals surface area contributed by atoms with Crippen LogP contribution in [0.3, 0.4) is 0 Å². The van der Waals surface area contributed by atoms with Crippen LogP contribution in [-0.4, -0.2) is 145 Å². The third-order valence-electron chi connectivity index (χ3n) is 11.9. The summed E-state index contributed by atoms with van der Waals surface area (Å²) in [5.41, 5.74) is 12.3. The fraction of sp³-hybridized carbons (Fsp3) is 0.426. The van der Waals surface area contributed by atoms with Crippen molar-refractivity contribution in [2.75, 3.05) is 18.1 Å². The molecule has 23 nitrogen and oxygen atoms in total. The van der Waals surface area contributed by atoms with Crippen LogP contribution in [0.15, 0.2) is 78.3 Å². The zero-order valence-corrected chi connectivity index (χ0v) is 41.7. The number of imide groups is 1. The van der Waals surface area contributed by atoms with Crippen LogP contribution < -0.4 is 48.7 Å². The molecule has 384 valence electrons. The summed E-state index contributed by atoms with van der Waals surface area (Å²) in [6.45, 7) is 5.66. The van der Waals surface area contributed by atoms with Crippen LogP contribution in [-0.2, 0) is 57.6 Å². The van der Waals surface area contributed by atoms with Crippen molar-refractivity contribution in [3.63, 3.8) is 0 Å². The molecule has 0 radical (unpaired) electrons. The lowest BCUT2D eigenvalue weighted by molar-refractivity contribution is -0.138. The molecule has 4 heterocycles. The van der Waals surface area contributed by atoms with Crippen LogP contribution in [0.1, 0.15) is 57.4 Å². The lowest BCUT2D eigenvalue weighted by Gasteiger charge is -2.28.